The number of hydrogen-bond acceptors (Lipinski definition) is 3. The first-order chi connectivity index (χ1) is 11.0. The largest absolute Gasteiger partial charge is 0.481 e. The monoisotopic (exact) mass is 336 g/mol. The summed E-state index contributed by atoms with van der Waals surface area (Å²) < 4.78 is 0. The Balaban J connectivity index is 2.04. The lowest BCUT2D eigenvalue weighted by molar-refractivity contribution is -0.168. The number of carboxylic acids is 1. The standard InChI is InChI=1S/C20H32O4/c1-12(2)20(24)9-6-14-13(11-20)15(21)10-16-18(14,3)7-5-8-19(16,4)17(22)23/h11-12,14-16,21,24H,5-10H2,1-4H3,(H,22,23)/t14-,15+,16+,18+,19+,20-/m0/s1. The summed E-state index contributed by atoms with van der Waals surface area (Å²) in [5, 5.41) is 31.6. The molecule has 6 atom stereocenters. The fraction of sp³-hybridized carbons (Fsp3) is 0.850. The average Bonchev–Trinajstić information content (AvgIpc) is 2.49. The first kappa shape index (κ1) is 17.9. The second-order valence-electron chi connectivity index (χ2n) is 9.27. The van der Waals surface area contributed by atoms with Crippen LogP contribution >= 0.6 is 0 Å². The minimum Gasteiger partial charge on any atom is -0.481 e. The van der Waals surface area contributed by atoms with Crippen LogP contribution in [0.5, 0.6) is 0 Å². The predicted octanol–water partition coefficient (Wildman–Crippen LogP) is 3.37. The van der Waals surface area contributed by atoms with Gasteiger partial charge in [0.1, 0.15) is 0 Å². The third-order valence-electron chi connectivity index (χ3n) is 7.76. The second kappa shape index (κ2) is 5.57. The van der Waals surface area contributed by atoms with E-state index in [9.17, 15) is 20.1 Å². The van der Waals surface area contributed by atoms with Gasteiger partial charge in [0.05, 0.1) is 17.1 Å². The van der Waals surface area contributed by atoms with E-state index in [2.05, 4.69) is 6.92 Å². The molecule has 0 aromatic carbocycles. The fourth-order valence-corrected chi connectivity index (χ4v) is 5.97. The van der Waals surface area contributed by atoms with E-state index < -0.39 is 23.1 Å². The van der Waals surface area contributed by atoms with Crippen LogP contribution < -0.4 is 0 Å². The topological polar surface area (TPSA) is 77.8 Å². The Hall–Kier alpha value is -0.870. The van der Waals surface area contributed by atoms with Gasteiger partial charge in [-0.1, -0.05) is 33.3 Å². The molecule has 0 aromatic heterocycles. The highest BCUT2D eigenvalue weighted by molar-refractivity contribution is 5.75. The van der Waals surface area contributed by atoms with Crippen LogP contribution in [0.25, 0.3) is 0 Å². The van der Waals surface area contributed by atoms with E-state index in [1.54, 1.807) is 0 Å². The van der Waals surface area contributed by atoms with Gasteiger partial charge in [-0.2, -0.15) is 0 Å². The molecule has 3 aliphatic rings. The van der Waals surface area contributed by atoms with Gasteiger partial charge >= 0.3 is 5.97 Å². The van der Waals surface area contributed by atoms with Crippen molar-refractivity contribution in [1.82, 2.24) is 0 Å². The van der Waals surface area contributed by atoms with Crippen LogP contribution in [-0.4, -0.2) is 33.0 Å². The van der Waals surface area contributed by atoms with Crippen LogP contribution in [-0.2, 0) is 4.79 Å². The molecule has 2 saturated carbocycles. The Morgan fingerprint density at radius 2 is 1.92 bits per heavy atom. The van der Waals surface area contributed by atoms with Gasteiger partial charge in [-0.15, -0.1) is 0 Å². The van der Waals surface area contributed by atoms with Gasteiger partial charge in [-0.05, 0) is 67.8 Å². The van der Waals surface area contributed by atoms with Crippen molar-refractivity contribution in [3.63, 3.8) is 0 Å². The van der Waals surface area contributed by atoms with Crippen LogP contribution in [0.4, 0.5) is 0 Å². The third-order valence-corrected chi connectivity index (χ3v) is 7.76. The smallest absolute Gasteiger partial charge is 0.309 e. The first-order valence-corrected chi connectivity index (χ1v) is 9.41. The van der Waals surface area contributed by atoms with Crippen molar-refractivity contribution in [2.75, 3.05) is 0 Å². The second-order valence-corrected chi connectivity index (χ2v) is 9.27. The summed E-state index contributed by atoms with van der Waals surface area (Å²) in [6, 6.07) is 0. The molecule has 136 valence electrons. The van der Waals surface area contributed by atoms with Crippen molar-refractivity contribution in [3.8, 4) is 0 Å². The van der Waals surface area contributed by atoms with E-state index in [-0.39, 0.29) is 23.2 Å². The summed E-state index contributed by atoms with van der Waals surface area (Å²) >= 11 is 0. The van der Waals surface area contributed by atoms with Crippen LogP contribution in [0.3, 0.4) is 0 Å². The summed E-state index contributed by atoms with van der Waals surface area (Å²) in [4.78, 5) is 12.0. The van der Waals surface area contributed by atoms with E-state index in [4.69, 9.17) is 0 Å². The molecule has 0 aromatic rings. The number of rotatable bonds is 2. The lowest BCUT2D eigenvalue weighted by atomic mass is 9.45. The molecule has 4 heteroatoms. The molecule has 3 N–H and O–H groups in total. The maximum Gasteiger partial charge on any atom is 0.309 e. The third kappa shape index (κ3) is 2.37. The molecule has 0 heterocycles. The summed E-state index contributed by atoms with van der Waals surface area (Å²) in [6.45, 7) is 8.12. The molecular weight excluding hydrogens is 304 g/mol. The normalized spacial score (nSPS) is 48.5. The van der Waals surface area contributed by atoms with Crippen LogP contribution in [0.1, 0.15) is 66.2 Å². The molecule has 4 nitrogen and oxygen atoms in total. The summed E-state index contributed by atoms with van der Waals surface area (Å²) in [5.41, 5.74) is -0.744. The summed E-state index contributed by atoms with van der Waals surface area (Å²) in [6.07, 6.45) is 5.94. The van der Waals surface area contributed by atoms with E-state index >= 15 is 0 Å². The molecular formula is C20H32O4. The highest BCUT2D eigenvalue weighted by Gasteiger charge is 2.60. The number of fused-ring (bicyclic) bond motifs is 3. The summed E-state index contributed by atoms with van der Waals surface area (Å²) in [7, 11) is 0. The fourth-order valence-electron chi connectivity index (χ4n) is 5.97. The number of aliphatic hydroxyl groups is 2. The van der Waals surface area contributed by atoms with Crippen LogP contribution in [0, 0.1) is 28.6 Å². The zero-order valence-corrected chi connectivity index (χ0v) is 15.4. The zero-order chi connectivity index (χ0) is 17.9. The molecule has 0 aliphatic heterocycles. The lowest BCUT2D eigenvalue weighted by Gasteiger charge is -2.60. The minimum atomic E-state index is -0.846. The number of hydrogen-bond donors (Lipinski definition) is 3. The van der Waals surface area contributed by atoms with E-state index in [0.717, 1.165) is 24.8 Å². The molecule has 0 spiro atoms. The van der Waals surface area contributed by atoms with Gasteiger partial charge in [-0.25, -0.2) is 0 Å². The number of carboxylic acid groups (broad SMARTS) is 1. The van der Waals surface area contributed by atoms with Crippen LogP contribution in [0.2, 0.25) is 0 Å². The number of aliphatic hydroxyl groups excluding tert-OH is 1. The Labute approximate surface area is 145 Å². The zero-order valence-electron chi connectivity index (χ0n) is 15.4. The van der Waals surface area contributed by atoms with Crippen molar-refractivity contribution >= 4 is 5.97 Å². The maximum absolute atomic E-state index is 12.0. The molecule has 0 unspecified atom stereocenters. The highest BCUT2D eigenvalue weighted by Crippen LogP contribution is 2.63. The van der Waals surface area contributed by atoms with Gasteiger partial charge in [-0.3, -0.25) is 4.79 Å². The van der Waals surface area contributed by atoms with E-state index in [0.29, 0.717) is 19.3 Å². The maximum atomic E-state index is 12.0. The molecule has 3 aliphatic carbocycles. The van der Waals surface area contributed by atoms with Crippen molar-refractivity contribution in [3.05, 3.63) is 11.6 Å². The van der Waals surface area contributed by atoms with Crippen LogP contribution in [0.15, 0.2) is 11.6 Å². The van der Waals surface area contributed by atoms with E-state index in [1.807, 2.05) is 26.8 Å². The quantitative estimate of drug-likeness (QED) is 0.676. The molecule has 2 fully saturated rings. The number of aliphatic carboxylic acids is 1. The van der Waals surface area contributed by atoms with Gasteiger partial charge in [0.2, 0.25) is 0 Å². The van der Waals surface area contributed by atoms with Gasteiger partial charge < -0.3 is 15.3 Å². The Kier molecular flexibility index (Phi) is 4.16. The van der Waals surface area contributed by atoms with Crippen molar-refractivity contribution in [1.29, 1.82) is 0 Å². The first-order valence-electron chi connectivity index (χ1n) is 9.41. The molecule has 0 bridgehead atoms. The summed E-state index contributed by atoms with van der Waals surface area (Å²) in [5.74, 6) is -0.449. The average molecular weight is 336 g/mol. The van der Waals surface area contributed by atoms with Gasteiger partial charge in [0, 0.05) is 0 Å². The molecule has 0 amide bonds. The Morgan fingerprint density at radius 1 is 1.25 bits per heavy atom. The van der Waals surface area contributed by atoms with Crippen molar-refractivity contribution in [2.45, 2.75) is 77.9 Å². The predicted molar refractivity (Wildman–Crippen MR) is 92.4 cm³/mol. The highest BCUT2D eigenvalue weighted by atomic mass is 16.4. The molecule has 0 saturated heterocycles. The minimum absolute atomic E-state index is 0.0151. The molecule has 24 heavy (non-hydrogen) atoms. The Bertz CT molecular complexity index is 568. The lowest BCUT2D eigenvalue weighted by Crippen LogP contribution is -2.57. The SMILES string of the molecule is CC(C)[C@@]1(O)C=C2[C@H](O)C[C@@H]3[C@](C)(CCC[C@@]3(C)C(=O)O)[C@H]2CC1. The van der Waals surface area contributed by atoms with Crippen molar-refractivity contribution < 1.29 is 20.1 Å². The van der Waals surface area contributed by atoms with Gasteiger partial charge in [0.15, 0.2) is 0 Å². The molecule has 0 radical (unpaired) electrons. The molecule has 3 rings (SSSR count). The van der Waals surface area contributed by atoms with E-state index in [1.165, 1.54) is 0 Å². The number of carbonyl (C=O) groups is 1. The Morgan fingerprint density at radius 3 is 2.50 bits per heavy atom. The van der Waals surface area contributed by atoms with Crippen molar-refractivity contribution in [2.24, 2.45) is 28.6 Å². The van der Waals surface area contributed by atoms with Gasteiger partial charge in [0.25, 0.3) is 0 Å².